The van der Waals surface area contributed by atoms with E-state index in [1.165, 1.54) is 12.8 Å². The standard InChI is InChI=1S/C12H25NO/c1-4-10(3)11(13)12(14-5-2)8-6-7-9-12/h10-11H,4-9,13H2,1-3H3. The Balaban J connectivity index is 2.65. The van der Waals surface area contributed by atoms with Crippen molar-refractivity contribution in [2.45, 2.75) is 64.5 Å². The normalized spacial score (nSPS) is 24.9. The van der Waals surface area contributed by atoms with Crippen molar-refractivity contribution in [1.82, 2.24) is 0 Å². The molecule has 1 rings (SSSR count). The van der Waals surface area contributed by atoms with Crippen molar-refractivity contribution in [3.05, 3.63) is 0 Å². The van der Waals surface area contributed by atoms with E-state index >= 15 is 0 Å². The molecule has 84 valence electrons. The first-order chi connectivity index (χ1) is 6.66. The van der Waals surface area contributed by atoms with E-state index in [4.69, 9.17) is 10.5 Å². The molecule has 0 amide bonds. The highest BCUT2D eigenvalue weighted by Gasteiger charge is 2.41. The number of hydrogen-bond donors (Lipinski definition) is 1. The fraction of sp³-hybridized carbons (Fsp3) is 1.00. The third-order valence-corrected chi connectivity index (χ3v) is 3.75. The molecule has 14 heavy (non-hydrogen) atoms. The second kappa shape index (κ2) is 5.13. The Labute approximate surface area is 88.2 Å². The third-order valence-electron chi connectivity index (χ3n) is 3.75. The Morgan fingerprint density at radius 2 is 1.86 bits per heavy atom. The van der Waals surface area contributed by atoms with Crippen molar-refractivity contribution in [1.29, 1.82) is 0 Å². The van der Waals surface area contributed by atoms with Crippen LogP contribution in [0.25, 0.3) is 0 Å². The van der Waals surface area contributed by atoms with Gasteiger partial charge in [0.2, 0.25) is 0 Å². The molecule has 1 fully saturated rings. The minimum Gasteiger partial charge on any atom is -0.374 e. The Kier molecular flexibility index (Phi) is 4.39. The maximum atomic E-state index is 6.33. The molecule has 0 saturated heterocycles. The van der Waals surface area contributed by atoms with Gasteiger partial charge in [-0.3, -0.25) is 0 Å². The van der Waals surface area contributed by atoms with Crippen LogP contribution in [0, 0.1) is 5.92 Å². The van der Waals surface area contributed by atoms with Gasteiger partial charge in [-0.2, -0.15) is 0 Å². The number of hydrogen-bond acceptors (Lipinski definition) is 2. The van der Waals surface area contributed by atoms with E-state index < -0.39 is 0 Å². The molecular weight excluding hydrogens is 174 g/mol. The minimum atomic E-state index is 0.00414. The van der Waals surface area contributed by atoms with Crippen LogP contribution in [-0.4, -0.2) is 18.2 Å². The van der Waals surface area contributed by atoms with E-state index in [9.17, 15) is 0 Å². The molecule has 2 unspecified atom stereocenters. The van der Waals surface area contributed by atoms with Crippen LogP contribution in [-0.2, 0) is 4.74 Å². The van der Waals surface area contributed by atoms with Gasteiger partial charge in [0.25, 0.3) is 0 Å². The van der Waals surface area contributed by atoms with Gasteiger partial charge in [-0.1, -0.05) is 33.1 Å². The number of nitrogens with two attached hydrogens (primary N) is 1. The Hall–Kier alpha value is -0.0800. The van der Waals surface area contributed by atoms with Crippen LogP contribution in [0.3, 0.4) is 0 Å². The zero-order valence-electron chi connectivity index (χ0n) is 9.88. The summed E-state index contributed by atoms with van der Waals surface area (Å²) in [5.41, 5.74) is 6.33. The molecule has 0 aromatic heterocycles. The Morgan fingerprint density at radius 3 is 2.29 bits per heavy atom. The fourth-order valence-electron chi connectivity index (χ4n) is 2.61. The lowest BCUT2D eigenvalue weighted by molar-refractivity contribution is -0.0640. The molecule has 0 heterocycles. The average Bonchev–Trinajstić information content (AvgIpc) is 2.66. The van der Waals surface area contributed by atoms with E-state index in [2.05, 4.69) is 20.8 Å². The van der Waals surface area contributed by atoms with Crippen molar-refractivity contribution in [2.75, 3.05) is 6.61 Å². The van der Waals surface area contributed by atoms with Crippen molar-refractivity contribution in [3.8, 4) is 0 Å². The summed E-state index contributed by atoms with van der Waals surface area (Å²) in [5.74, 6) is 0.569. The smallest absolute Gasteiger partial charge is 0.0835 e. The van der Waals surface area contributed by atoms with E-state index in [0.29, 0.717) is 5.92 Å². The van der Waals surface area contributed by atoms with Crippen LogP contribution in [0.1, 0.15) is 52.9 Å². The molecule has 0 spiro atoms. The minimum absolute atomic E-state index is 0.00414. The molecule has 1 aliphatic carbocycles. The summed E-state index contributed by atoms with van der Waals surface area (Å²) in [6, 6.07) is 0.218. The van der Waals surface area contributed by atoms with Crippen molar-refractivity contribution < 1.29 is 4.74 Å². The highest BCUT2D eigenvalue weighted by molar-refractivity contribution is 4.97. The van der Waals surface area contributed by atoms with Crippen LogP contribution < -0.4 is 5.73 Å². The first-order valence-electron chi connectivity index (χ1n) is 6.06. The molecule has 2 nitrogen and oxygen atoms in total. The maximum absolute atomic E-state index is 6.33. The first kappa shape index (κ1) is 12.0. The number of ether oxygens (including phenoxy) is 1. The van der Waals surface area contributed by atoms with Gasteiger partial charge in [-0.05, 0) is 25.7 Å². The second-order valence-electron chi connectivity index (χ2n) is 4.62. The number of rotatable bonds is 5. The van der Waals surface area contributed by atoms with Crippen LogP contribution in [0.2, 0.25) is 0 Å². The Bertz CT molecular complexity index is 164. The monoisotopic (exact) mass is 199 g/mol. The molecule has 1 saturated carbocycles. The molecule has 2 atom stereocenters. The molecule has 0 bridgehead atoms. The summed E-state index contributed by atoms with van der Waals surface area (Å²) in [5, 5.41) is 0. The van der Waals surface area contributed by atoms with Crippen LogP contribution in [0.15, 0.2) is 0 Å². The largest absolute Gasteiger partial charge is 0.374 e. The first-order valence-corrected chi connectivity index (χ1v) is 6.06. The van der Waals surface area contributed by atoms with Gasteiger partial charge in [-0.25, -0.2) is 0 Å². The van der Waals surface area contributed by atoms with E-state index in [-0.39, 0.29) is 11.6 Å². The summed E-state index contributed by atoms with van der Waals surface area (Å²) in [4.78, 5) is 0. The zero-order valence-corrected chi connectivity index (χ0v) is 9.88. The molecule has 0 aliphatic heterocycles. The van der Waals surface area contributed by atoms with Crippen molar-refractivity contribution in [3.63, 3.8) is 0 Å². The average molecular weight is 199 g/mol. The lowest BCUT2D eigenvalue weighted by atomic mass is 9.83. The highest BCUT2D eigenvalue weighted by atomic mass is 16.5. The fourth-order valence-corrected chi connectivity index (χ4v) is 2.61. The topological polar surface area (TPSA) is 35.2 Å². The molecular formula is C12H25NO. The van der Waals surface area contributed by atoms with Gasteiger partial charge in [0, 0.05) is 12.6 Å². The highest BCUT2D eigenvalue weighted by Crippen LogP contribution is 2.38. The molecule has 2 N–H and O–H groups in total. The Morgan fingerprint density at radius 1 is 1.29 bits per heavy atom. The van der Waals surface area contributed by atoms with Gasteiger partial charge in [0.1, 0.15) is 0 Å². The SMILES string of the molecule is CCOC1(C(N)C(C)CC)CCCC1. The van der Waals surface area contributed by atoms with Crippen LogP contribution in [0.5, 0.6) is 0 Å². The molecule has 0 radical (unpaired) electrons. The molecule has 0 aromatic carbocycles. The van der Waals surface area contributed by atoms with Gasteiger partial charge >= 0.3 is 0 Å². The van der Waals surface area contributed by atoms with Crippen LogP contribution >= 0.6 is 0 Å². The quantitative estimate of drug-likeness (QED) is 0.739. The lowest BCUT2D eigenvalue weighted by Crippen LogP contribution is -2.51. The van der Waals surface area contributed by atoms with E-state index in [1.54, 1.807) is 0 Å². The van der Waals surface area contributed by atoms with E-state index in [1.807, 2.05) is 0 Å². The molecule has 1 aliphatic rings. The van der Waals surface area contributed by atoms with Crippen molar-refractivity contribution in [2.24, 2.45) is 11.7 Å². The summed E-state index contributed by atoms with van der Waals surface area (Å²) in [7, 11) is 0. The van der Waals surface area contributed by atoms with Crippen LogP contribution in [0.4, 0.5) is 0 Å². The van der Waals surface area contributed by atoms with Gasteiger partial charge in [0.05, 0.1) is 5.60 Å². The summed E-state index contributed by atoms with van der Waals surface area (Å²) >= 11 is 0. The molecule has 0 aromatic rings. The second-order valence-corrected chi connectivity index (χ2v) is 4.62. The van der Waals surface area contributed by atoms with Gasteiger partial charge < -0.3 is 10.5 Å². The van der Waals surface area contributed by atoms with Gasteiger partial charge in [-0.15, -0.1) is 0 Å². The van der Waals surface area contributed by atoms with E-state index in [0.717, 1.165) is 25.9 Å². The zero-order chi connectivity index (χ0) is 10.6. The molecule has 2 heteroatoms. The summed E-state index contributed by atoms with van der Waals surface area (Å²) in [6.07, 6.45) is 6.03. The predicted octanol–water partition coefficient (Wildman–Crippen LogP) is 2.71. The lowest BCUT2D eigenvalue weighted by Gasteiger charge is -2.38. The van der Waals surface area contributed by atoms with Gasteiger partial charge in [0.15, 0.2) is 0 Å². The van der Waals surface area contributed by atoms with Crippen molar-refractivity contribution >= 4 is 0 Å². The summed E-state index contributed by atoms with van der Waals surface area (Å²) in [6.45, 7) is 7.32. The predicted molar refractivity (Wildman–Crippen MR) is 60.3 cm³/mol. The third kappa shape index (κ3) is 2.29. The maximum Gasteiger partial charge on any atom is 0.0835 e. The summed E-state index contributed by atoms with van der Waals surface area (Å²) < 4.78 is 5.95.